The molecule has 0 aromatic carbocycles. The Balaban J connectivity index is 0.000000649. The Morgan fingerprint density at radius 1 is 0.291 bits per heavy atom. The molecule has 28 atom stereocenters. The maximum absolute atomic E-state index is 12.4. The smallest absolute Gasteiger partial charge is 0.388 e. The third-order valence-corrected chi connectivity index (χ3v) is 34.4. The highest BCUT2D eigenvalue weighted by atomic mass is 28.4. The monoisotopic (exact) mass is 1630 g/mol. The Labute approximate surface area is 681 Å². The van der Waals surface area contributed by atoms with Crippen molar-refractivity contribution in [3.05, 3.63) is 0 Å². The molecule has 0 saturated heterocycles. The highest BCUT2D eigenvalue weighted by molar-refractivity contribution is 6.73. The molecule has 110 heavy (non-hydrogen) atoms. The van der Waals surface area contributed by atoms with Gasteiger partial charge in [-0.15, -0.1) is 0 Å². The Morgan fingerprint density at radius 2 is 0.455 bits per heavy atom. The minimum atomic E-state index is -4.14. The number of halogens is 3. The van der Waals surface area contributed by atoms with E-state index in [-0.39, 0.29) is 129 Å². The standard InChI is InChI=1S/4C17H26O2.C4H9F3OSi.2C4H12OSi.C3H10OSi.8CH4/c4*1-17(2,3)19-16(18)13-8-11-7-12(13)15-10-5-4-9(6-10)14(11)15;1-8-9(2,3)4(5,6)7;2*1-5-6(2,3)4;1-4-5(2)3;;;;;;;;/h4*9-15H,4-8H2,1-3H3;1-3H3;2*1-4H3;5H,1-3H3;8*1H4. The highest BCUT2D eigenvalue weighted by Crippen LogP contribution is 2.73. The topological polar surface area (TPSA) is 142 Å². The summed E-state index contributed by atoms with van der Waals surface area (Å²) in [7, 11) is 0.107. The lowest BCUT2D eigenvalue weighted by Crippen LogP contribution is -2.46. The molecule has 0 aromatic rings. The van der Waals surface area contributed by atoms with E-state index in [2.05, 4.69) is 56.8 Å². The number of fused-ring (bicyclic) bond motifs is 36. The zero-order valence-electron chi connectivity index (χ0n) is 68.9. The largest absolute Gasteiger partial charge is 0.460 e. The van der Waals surface area contributed by atoms with E-state index < -0.39 is 39.8 Å². The molecule has 0 spiro atoms. The first-order chi connectivity index (χ1) is 47.0. The quantitative estimate of drug-likeness (QED) is 0.0988. The van der Waals surface area contributed by atoms with Crippen molar-refractivity contribution in [2.45, 2.75) is 365 Å². The first-order valence-corrected chi connectivity index (χ1v) is 53.6. The molecule has 0 N–H and O–H groups in total. The molecule has 28 unspecified atom stereocenters. The fourth-order valence-corrected chi connectivity index (χ4v) is 25.2. The molecule has 16 bridgehead atoms. The lowest BCUT2D eigenvalue weighted by atomic mass is 9.67. The Bertz CT molecular complexity index is 2510. The first-order valence-electron chi connectivity index (χ1n) is 41.1. The average molecular weight is 1630 g/mol. The second-order valence-electron chi connectivity index (χ2n) is 42.2. The molecule has 0 radical (unpaired) electrons. The molecule has 0 heterocycles. The van der Waals surface area contributed by atoms with Gasteiger partial charge in [-0.2, -0.15) is 13.2 Å². The van der Waals surface area contributed by atoms with Crippen LogP contribution in [0.5, 0.6) is 0 Å². The third-order valence-electron chi connectivity index (χ3n) is 28.7. The van der Waals surface area contributed by atoms with Gasteiger partial charge in [-0.25, -0.2) is 0 Å². The second kappa shape index (κ2) is 40.4. The van der Waals surface area contributed by atoms with Crippen molar-refractivity contribution in [1.29, 1.82) is 0 Å². The fraction of sp³-hybridized carbons (Fsp3) is 0.956. The molecule has 16 fully saturated rings. The van der Waals surface area contributed by atoms with Crippen molar-refractivity contribution >= 4 is 57.9 Å². The summed E-state index contributed by atoms with van der Waals surface area (Å²) >= 11 is 0. The third kappa shape index (κ3) is 24.8. The summed E-state index contributed by atoms with van der Waals surface area (Å²) in [4.78, 5) is 49.7. The number of carbonyl (C=O) groups excluding carboxylic acids is 4. The van der Waals surface area contributed by atoms with E-state index in [0.29, 0.717) is 23.7 Å². The molecule has 0 aliphatic heterocycles. The predicted octanol–water partition coefficient (Wildman–Crippen LogP) is 25.2. The van der Waals surface area contributed by atoms with Gasteiger partial charge in [0.1, 0.15) is 22.4 Å². The minimum Gasteiger partial charge on any atom is -0.460 e. The van der Waals surface area contributed by atoms with E-state index in [0.717, 1.165) is 164 Å². The number of alkyl halides is 3. The van der Waals surface area contributed by atoms with E-state index >= 15 is 0 Å². The Morgan fingerprint density at radius 3 is 0.573 bits per heavy atom. The van der Waals surface area contributed by atoms with Gasteiger partial charge in [0.05, 0.1) is 23.7 Å². The summed E-state index contributed by atoms with van der Waals surface area (Å²) in [5.74, 6) is 18.6. The van der Waals surface area contributed by atoms with Gasteiger partial charge in [-0.05, 0) is 419 Å². The van der Waals surface area contributed by atoms with Gasteiger partial charge >= 0.3 is 38.0 Å². The molecule has 16 aliphatic rings. The summed E-state index contributed by atoms with van der Waals surface area (Å²) in [6.45, 7) is 43.3. The second-order valence-corrected chi connectivity index (χ2v) is 58.1. The first kappa shape index (κ1) is 106. The number of hydrogen-bond donors (Lipinski definition) is 0. The summed E-state index contributed by atoms with van der Waals surface area (Å²) in [6, 6.07) is 0. The van der Waals surface area contributed by atoms with Crippen molar-refractivity contribution < 1.29 is 69.0 Å². The van der Waals surface area contributed by atoms with Crippen molar-refractivity contribution in [1.82, 2.24) is 0 Å². The number of carbonyl (C=O) groups is 4. The van der Waals surface area contributed by atoms with Crippen LogP contribution in [0.2, 0.25) is 65.5 Å². The summed E-state index contributed by atoms with van der Waals surface area (Å²) in [5, 5.41) is 0. The zero-order chi connectivity index (χ0) is 75.9. The van der Waals surface area contributed by atoms with Crippen LogP contribution in [0.3, 0.4) is 0 Å². The maximum atomic E-state index is 12.4. The molecule has 652 valence electrons. The molecule has 0 aromatic heterocycles. The van der Waals surface area contributed by atoms with Crippen LogP contribution in [0.1, 0.15) is 271 Å². The lowest BCUT2D eigenvalue weighted by Gasteiger charge is -2.38. The van der Waals surface area contributed by atoms with Gasteiger partial charge in [0.15, 0.2) is 25.7 Å². The van der Waals surface area contributed by atoms with Crippen LogP contribution in [0.25, 0.3) is 0 Å². The van der Waals surface area contributed by atoms with E-state index in [9.17, 15) is 32.3 Å². The molecule has 19 heteroatoms. The average Bonchev–Trinajstić information content (AvgIpc) is 1.58. The minimum absolute atomic E-state index is 0. The van der Waals surface area contributed by atoms with Crippen LogP contribution in [0, 0.1) is 166 Å². The van der Waals surface area contributed by atoms with Crippen LogP contribution in [0.4, 0.5) is 13.2 Å². The van der Waals surface area contributed by atoms with Gasteiger partial charge in [-0.3, -0.25) is 19.2 Å². The number of ether oxygens (including phenoxy) is 4. The van der Waals surface area contributed by atoms with Gasteiger partial charge in [0.2, 0.25) is 0 Å². The number of rotatable bonds is 8. The van der Waals surface area contributed by atoms with Crippen molar-refractivity contribution in [3.63, 3.8) is 0 Å². The van der Waals surface area contributed by atoms with Crippen LogP contribution >= 0.6 is 0 Å². The van der Waals surface area contributed by atoms with Crippen LogP contribution < -0.4 is 0 Å². The molecular formula is C91H179F3O12Si4. The van der Waals surface area contributed by atoms with E-state index in [1.807, 2.05) is 83.1 Å². The van der Waals surface area contributed by atoms with Crippen LogP contribution in [0.15, 0.2) is 0 Å². The molecular weight excluding hydrogens is 1450 g/mol. The zero-order valence-corrected chi connectivity index (χ0v) is 73.1. The van der Waals surface area contributed by atoms with Gasteiger partial charge in [-0.1, -0.05) is 59.4 Å². The van der Waals surface area contributed by atoms with Crippen LogP contribution in [-0.4, -0.2) is 115 Å². The number of esters is 4. The molecule has 12 nitrogen and oxygen atoms in total. The highest BCUT2D eigenvalue weighted by Gasteiger charge is 2.68. The summed E-state index contributed by atoms with van der Waals surface area (Å²) in [6.07, 6.45) is 27.4. The van der Waals surface area contributed by atoms with Gasteiger partial charge < -0.3 is 36.7 Å². The fourth-order valence-electron chi connectivity index (χ4n) is 25.0. The Hall–Kier alpha value is -1.62. The summed E-state index contributed by atoms with van der Waals surface area (Å²) < 4.78 is 77.3. The maximum Gasteiger partial charge on any atom is 0.388 e. The normalized spacial score (nSPS) is 37.8. The predicted molar refractivity (Wildman–Crippen MR) is 464 cm³/mol. The van der Waals surface area contributed by atoms with E-state index in [1.165, 1.54) is 103 Å². The van der Waals surface area contributed by atoms with Crippen molar-refractivity contribution in [3.8, 4) is 0 Å². The van der Waals surface area contributed by atoms with Crippen molar-refractivity contribution in [2.24, 2.45) is 166 Å². The summed E-state index contributed by atoms with van der Waals surface area (Å²) in [5.41, 5.74) is -1.31. The van der Waals surface area contributed by atoms with E-state index in [1.54, 1.807) is 21.3 Å². The van der Waals surface area contributed by atoms with Crippen molar-refractivity contribution in [2.75, 3.05) is 28.4 Å². The van der Waals surface area contributed by atoms with Gasteiger partial charge in [0.25, 0.3) is 0 Å². The Kier molecular flexibility index (Phi) is 39.1. The SMILES string of the molecule is C.C.C.C.C.C.C.C.CC(C)(C)OC(=O)C1CC2CC1C1C3CCC(C3)C21.CC(C)(C)OC(=O)C1CC2CC1C1C3CCC(C3)C21.CC(C)(C)OC(=O)C1CC2CC1C1C3CCC(C3)C21.CC(C)(C)OC(=O)C1CC2CC1C1C3CCC(C3)C21.CO[SiH](C)C.CO[Si](C)(C)C.CO[Si](C)(C)C.CO[Si](C)(C)C(F)(F)F. The lowest BCUT2D eigenvalue weighted by molar-refractivity contribution is -0.164. The molecule has 16 saturated carbocycles. The van der Waals surface area contributed by atoms with E-state index in [4.69, 9.17) is 32.2 Å². The molecule has 16 rings (SSSR count). The molecule has 16 aliphatic carbocycles. The van der Waals surface area contributed by atoms with Crippen LogP contribution in [-0.2, 0) is 55.8 Å². The van der Waals surface area contributed by atoms with Gasteiger partial charge in [0, 0.05) is 28.4 Å². The number of hydrogen-bond acceptors (Lipinski definition) is 12. The molecule has 0 amide bonds.